The first-order valence-corrected chi connectivity index (χ1v) is 49.2. The molecule has 0 aliphatic rings. The van der Waals surface area contributed by atoms with E-state index in [4.69, 9.17) is 65.4 Å². The Morgan fingerprint density at radius 3 is 0.773 bits per heavy atom. The van der Waals surface area contributed by atoms with E-state index in [1.165, 1.54) is 0 Å². The van der Waals surface area contributed by atoms with Crippen LogP contribution in [0.5, 0.6) is 0 Å². The third-order valence-corrected chi connectivity index (χ3v) is 27.8. The van der Waals surface area contributed by atoms with E-state index in [2.05, 4.69) is 123 Å². The van der Waals surface area contributed by atoms with Gasteiger partial charge in [0.25, 0.3) is 0 Å². The molecule has 0 aliphatic heterocycles. The van der Waals surface area contributed by atoms with Crippen LogP contribution in [0, 0.1) is 0 Å². The van der Waals surface area contributed by atoms with E-state index in [1.807, 2.05) is 328 Å². The molecular weight excluding hydrogens is 1830 g/mol. The Balaban J connectivity index is 0.000000116. The minimum atomic E-state index is -0.428. The van der Waals surface area contributed by atoms with E-state index in [-0.39, 0.29) is 89.6 Å². The summed E-state index contributed by atoms with van der Waals surface area (Å²) in [5.41, 5.74) is 21.4. The van der Waals surface area contributed by atoms with Crippen molar-refractivity contribution in [2.24, 2.45) is 0 Å². The second-order valence-electron chi connectivity index (χ2n) is 36.4. The second kappa shape index (κ2) is 37.0. The fourth-order valence-electron chi connectivity index (χ4n) is 21.2. The molecule has 150 heavy (non-hydrogen) atoms. The quantitative estimate of drug-likeness (QED) is 0.0979. The van der Waals surface area contributed by atoms with E-state index < -0.39 is 18.1 Å². The lowest BCUT2D eigenvalue weighted by molar-refractivity contribution is 0.953. The minimum Gasteiger partial charge on any atom is -0.309 e. The molecule has 9 heterocycles. The van der Waals surface area contributed by atoms with Crippen LogP contribution in [0.2, 0.25) is 0 Å². The SMILES string of the molecule is [2H]c1c([2H])c([2H])c(-n2c3ccccc3c3c4c5ccccc5n(-c5nc(-c6ccccc6)nc(-c6ccc(-c7ccccc7)cc6)n5)c4ccc32)c([2H])c1[2H].[2H]c1c([2H])c([2H])c(-n2c3ccccc3c3cc4c(cc32)c2ccccc2n4-c2nc(-c3ccccc3)nc(-c3cccc(-c4ccccc4)c3)n2)c([2H])c1[2H].[2H]c1c([2H])c([2H])c(-n2c3ccccc3c3cc4c(cc32)c2ccccc2n4-c2nc(-c3ccccc3)nc(-c3ccccc3-c3ccccc3)n2)c([2H])c1[2H]. The van der Waals surface area contributed by atoms with Crippen LogP contribution >= 0.6 is 0 Å². The number of aromatic nitrogens is 15. The van der Waals surface area contributed by atoms with Crippen LogP contribution in [0.4, 0.5) is 0 Å². The molecule has 0 bridgehead atoms. The summed E-state index contributed by atoms with van der Waals surface area (Å²) in [5, 5.41) is 10.8. The molecule has 15 nitrogen and oxygen atoms in total. The predicted molar refractivity (Wildman–Crippen MR) is 614 cm³/mol. The normalized spacial score (nSPS) is 13.0. The zero-order chi connectivity index (χ0) is 112. The number of benzene rings is 21. The third kappa shape index (κ3) is 15.3. The molecule has 0 fully saturated rings. The molecule has 0 aliphatic carbocycles. The fourth-order valence-corrected chi connectivity index (χ4v) is 21.2. The zero-order valence-electron chi connectivity index (χ0n) is 94.8. The van der Waals surface area contributed by atoms with E-state index >= 15 is 0 Å². The Hall–Kier alpha value is -20.6. The Labute approximate surface area is 882 Å². The van der Waals surface area contributed by atoms with Gasteiger partial charge >= 0.3 is 0 Å². The van der Waals surface area contributed by atoms with Crippen molar-refractivity contribution < 1.29 is 20.6 Å². The van der Waals surface area contributed by atoms with Gasteiger partial charge in [-0.05, 0) is 148 Å². The van der Waals surface area contributed by atoms with Crippen LogP contribution in [-0.4, -0.2) is 72.3 Å². The highest BCUT2D eigenvalue weighted by atomic mass is 15.2. The zero-order valence-corrected chi connectivity index (χ0v) is 79.8. The molecule has 9 aromatic heterocycles. The van der Waals surface area contributed by atoms with Gasteiger partial charge in [-0.25, -0.2) is 15.0 Å². The first kappa shape index (κ1) is 72.7. The average Bonchev–Trinajstić information content (AvgIpc) is 1.55. The highest BCUT2D eigenvalue weighted by Gasteiger charge is 2.29. The number of fused-ring (bicyclic) bond motifs is 19. The van der Waals surface area contributed by atoms with Gasteiger partial charge in [0.05, 0.1) is 86.8 Å². The Kier molecular flexibility index (Phi) is 17.9. The largest absolute Gasteiger partial charge is 0.309 e. The Morgan fingerprint density at radius 2 is 0.380 bits per heavy atom. The first-order valence-electron chi connectivity index (χ1n) is 56.7. The lowest BCUT2D eigenvalue weighted by atomic mass is 9.99. The first-order chi connectivity index (χ1) is 80.6. The summed E-state index contributed by atoms with van der Waals surface area (Å²) in [6.45, 7) is 0. The maximum absolute atomic E-state index is 8.90. The van der Waals surface area contributed by atoms with E-state index in [9.17, 15) is 0 Å². The fraction of sp³-hybridized carbons (Fsp3) is 0. The molecule has 0 saturated carbocycles. The molecule has 30 rings (SSSR count). The number of para-hydroxylation sites is 9. The standard InChI is InChI=1S/3C45H29N5/c1-4-15-30(16-5-1)32-19-14-20-33(27-32)44-46-43(31-17-6-2-7-18-31)47-45(48-44)50-40-26-13-11-24-36(40)38-28-41-37(29-42(38)50)35-23-10-12-25-39(35)49(41)34-21-8-3-9-22-34;1-4-14-30(15-5-1)31-24-26-33(27-25-31)44-46-43(32-16-6-2-7-17-32)47-45(48-44)50-38-23-13-11-21-36(38)42-40(50)29-28-39-41(42)35-20-10-12-22-37(35)49(39)34-18-8-3-9-19-34;1-4-16-30(17-5-1)33-22-10-11-25-36(33)44-46-43(31-18-6-2-7-19-31)47-45(48-44)50-40-27-15-13-24-35(40)38-28-41-37(29-42(38)50)34-23-12-14-26-39(34)49(41)32-20-8-3-9-21-32/h3*1-29H/i3D,8D,9D,21D,22D;3D,8D,9D,18D,19D;3D,8D,9D,20D,21D. The molecule has 21 aromatic carbocycles. The van der Waals surface area contributed by atoms with E-state index in [0.29, 0.717) is 63.8 Å². The van der Waals surface area contributed by atoms with Crippen molar-refractivity contribution in [1.82, 2.24) is 72.3 Å². The molecule has 0 spiro atoms. The summed E-state index contributed by atoms with van der Waals surface area (Å²) >= 11 is 0. The average molecular weight is 1930 g/mol. The van der Waals surface area contributed by atoms with Crippen LogP contribution in [0.15, 0.2) is 527 Å². The summed E-state index contributed by atoms with van der Waals surface area (Å²) in [6.07, 6.45) is 0. The highest BCUT2D eigenvalue weighted by molar-refractivity contribution is 6.29. The van der Waals surface area contributed by atoms with E-state index in [1.54, 1.807) is 13.7 Å². The second-order valence-corrected chi connectivity index (χ2v) is 36.4. The van der Waals surface area contributed by atoms with Gasteiger partial charge in [-0.1, -0.05) is 412 Å². The van der Waals surface area contributed by atoms with Crippen LogP contribution in [0.3, 0.4) is 0 Å². The van der Waals surface area contributed by atoms with Crippen LogP contribution < -0.4 is 0 Å². The van der Waals surface area contributed by atoms with Gasteiger partial charge in [0.1, 0.15) is 0 Å². The summed E-state index contributed by atoms with van der Waals surface area (Å²) in [7, 11) is 0. The van der Waals surface area contributed by atoms with Crippen molar-refractivity contribution in [3.8, 4) is 137 Å². The summed E-state index contributed by atoms with van der Waals surface area (Å²) in [6, 6.07) is 140. The van der Waals surface area contributed by atoms with Crippen LogP contribution in [-0.2, 0) is 0 Å². The molecule has 0 atom stereocenters. The highest BCUT2D eigenvalue weighted by Crippen LogP contribution is 2.47. The summed E-state index contributed by atoms with van der Waals surface area (Å²) in [4.78, 5) is 46.0. The molecule has 0 unspecified atom stereocenters. The number of nitrogens with zero attached hydrogens (tertiary/aromatic N) is 15. The van der Waals surface area contributed by atoms with Gasteiger partial charge in [0.15, 0.2) is 34.9 Å². The third-order valence-electron chi connectivity index (χ3n) is 27.8. The van der Waals surface area contributed by atoms with Crippen molar-refractivity contribution in [1.29, 1.82) is 0 Å². The van der Waals surface area contributed by atoms with Gasteiger partial charge in [0, 0.05) is 115 Å². The van der Waals surface area contributed by atoms with Crippen molar-refractivity contribution >= 4 is 131 Å². The van der Waals surface area contributed by atoms with Crippen molar-refractivity contribution in [3.05, 3.63) is 527 Å². The van der Waals surface area contributed by atoms with Crippen LogP contribution in [0.1, 0.15) is 20.6 Å². The lowest BCUT2D eigenvalue weighted by Gasteiger charge is -2.13. The monoisotopic (exact) mass is 1930 g/mol. The molecule has 0 amide bonds. The molecule has 702 valence electrons. The minimum absolute atomic E-state index is 0.104. The Bertz CT molecular complexity index is 11400. The van der Waals surface area contributed by atoms with Crippen molar-refractivity contribution in [3.63, 3.8) is 0 Å². The van der Waals surface area contributed by atoms with Gasteiger partial charge in [0.2, 0.25) is 17.8 Å². The number of rotatable bonds is 15. The molecule has 0 N–H and O–H groups in total. The molecular formula is C135H87N15. The molecule has 0 saturated heterocycles. The van der Waals surface area contributed by atoms with Crippen molar-refractivity contribution in [2.45, 2.75) is 0 Å². The van der Waals surface area contributed by atoms with Crippen molar-refractivity contribution in [2.75, 3.05) is 0 Å². The summed E-state index contributed by atoms with van der Waals surface area (Å²) < 4.78 is 140. The molecule has 30 aromatic rings. The smallest absolute Gasteiger partial charge is 0.238 e. The topological polar surface area (TPSA) is 146 Å². The number of hydrogen-bond acceptors (Lipinski definition) is 9. The lowest BCUT2D eigenvalue weighted by Crippen LogP contribution is -2.06. The Morgan fingerprint density at radius 1 is 0.140 bits per heavy atom. The molecule has 0 radical (unpaired) electrons. The maximum Gasteiger partial charge on any atom is 0.238 e. The van der Waals surface area contributed by atoms with Crippen LogP contribution in [0.25, 0.3) is 267 Å². The van der Waals surface area contributed by atoms with Gasteiger partial charge in [-0.15, -0.1) is 0 Å². The summed E-state index contributed by atoms with van der Waals surface area (Å²) in [5.74, 6) is 4.57. The van der Waals surface area contributed by atoms with Gasteiger partial charge < -0.3 is 13.7 Å². The van der Waals surface area contributed by atoms with Gasteiger partial charge in [-0.3, -0.25) is 13.7 Å². The maximum atomic E-state index is 8.90. The number of hydrogen-bond donors (Lipinski definition) is 0. The molecule has 15 heteroatoms. The van der Waals surface area contributed by atoms with E-state index in [0.717, 1.165) is 187 Å². The predicted octanol–water partition coefficient (Wildman–Crippen LogP) is 33.2. The van der Waals surface area contributed by atoms with Gasteiger partial charge in [-0.2, -0.15) is 29.9 Å².